The zero-order valence-corrected chi connectivity index (χ0v) is 21.7. The van der Waals surface area contributed by atoms with Gasteiger partial charge in [0.05, 0.1) is 30.1 Å². The van der Waals surface area contributed by atoms with Gasteiger partial charge in [0.15, 0.2) is 17.4 Å². The Morgan fingerprint density at radius 2 is 2.08 bits per heavy atom. The van der Waals surface area contributed by atoms with E-state index in [-0.39, 0.29) is 41.8 Å². The Bertz CT molecular complexity index is 1440. The molecule has 3 aliphatic rings. The van der Waals surface area contributed by atoms with E-state index in [0.29, 0.717) is 37.6 Å². The number of carbonyl (C=O) groups excluding carboxylic acids is 1. The molecule has 40 heavy (non-hydrogen) atoms. The van der Waals surface area contributed by atoms with Crippen LogP contribution in [0.4, 0.5) is 35.3 Å². The summed E-state index contributed by atoms with van der Waals surface area (Å²) in [7, 11) is 0. The van der Waals surface area contributed by atoms with Crippen LogP contribution in [-0.4, -0.2) is 70.2 Å². The molecule has 2 amide bonds. The molecule has 0 aliphatic carbocycles. The third kappa shape index (κ3) is 5.23. The number of carbonyl (C=O) groups is 1. The molecule has 5 heterocycles. The van der Waals surface area contributed by atoms with Gasteiger partial charge in [-0.15, -0.1) is 0 Å². The van der Waals surface area contributed by atoms with Crippen molar-refractivity contribution >= 4 is 23.4 Å². The topological polar surface area (TPSA) is 115 Å². The van der Waals surface area contributed by atoms with E-state index in [4.69, 9.17) is 14.2 Å². The minimum Gasteiger partial charge on any atom is -0.475 e. The number of urea groups is 1. The lowest BCUT2D eigenvalue weighted by atomic mass is 10.1. The van der Waals surface area contributed by atoms with Gasteiger partial charge in [-0.1, -0.05) is 12.1 Å². The van der Waals surface area contributed by atoms with Crippen LogP contribution in [0.2, 0.25) is 0 Å². The van der Waals surface area contributed by atoms with E-state index in [1.54, 1.807) is 6.20 Å². The number of halogens is 3. The van der Waals surface area contributed by atoms with Gasteiger partial charge in [-0.05, 0) is 32.4 Å². The first-order chi connectivity index (χ1) is 19.1. The molecule has 1 unspecified atom stereocenters. The Kier molecular flexibility index (Phi) is 6.45. The molecule has 14 heteroatoms. The second-order valence-corrected chi connectivity index (χ2v) is 10.2. The number of fused-ring (bicyclic) bond motifs is 4. The minimum atomic E-state index is -4.50. The van der Waals surface area contributed by atoms with Gasteiger partial charge in [0.1, 0.15) is 24.9 Å². The maximum Gasteiger partial charge on any atom is 0.416 e. The predicted molar refractivity (Wildman–Crippen MR) is 137 cm³/mol. The molecule has 1 aromatic carbocycles. The number of nitrogens with one attached hydrogen (secondary N) is 1. The number of nitrogens with zero attached hydrogens (tertiary/aromatic N) is 6. The van der Waals surface area contributed by atoms with E-state index in [1.165, 1.54) is 29.4 Å². The number of aromatic nitrogens is 4. The van der Waals surface area contributed by atoms with Gasteiger partial charge in [-0.25, -0.2) is 24.7 Å². The molecule has 0 saturated carbocycles. The molecule has 3 aromatic rings. The molecule has 0 spiro atoms. The quantitative estimate of drug-likeness (QED) is 0.495. The maximum atomic E-state index is 13.6. The number of rotatable bonds is 5. The van der Waals surface area contributed by atoms with Gasteiger partial charge in [-0.3, -0.25) is 10.2 Å². The third-order valence-electron chi connectivity index (χ3n) is 6.88. The number of benzene rings is 1. The van der Waals surface area contributed by atoms with Crippen molar-refractivity contribution in [3.63, 3.8) is 0 Å². The van der Waals surface area contributed by atoms with E-state index in [0.717, 1.165) is 12.1 Å². The van der Waals surface area contributed by atoms with Crippen LogP contribution in [0.3, 0.4) is 0 Å². The average Bonchev–Trinajstić information content (AvgIpc) is 3.50. The van der Waals surface area contributed by atoms with Crippen LogP contribution in [0.15, 0.2) is 42.9 Å². The van der Waals surface area contributed by atoms with Crippen LogP contribution in [0.25, 0.3) is 11.4 Å². The standard InChI is InChI=1S/C26H26F3N7O4/c1-25(2)39-13-18(40-25)12-38-21-9-20(31-14-32-21)33-24(37)36-17-6-7-35(11-17)19-10-30-22(34-23(19)36)15-4-3-5-16(8-15)26(27,28)29/h3-5,8-10,14,17-18H,6-7,11-13H2,1-2H3,(H,31,32,33,37)/t17-,18?/m0/s1. The average molecular weight is 558 g/mol. The van der Waals surface area contributed by atoms with Crippen LogP contribution in [0.5, 0.6) is 5.88 Å². The van der Waals surface area contributed by atoms with Gasteiger partial charge in [0, 0.05) is 24.7 Å². The molecule has 2 fully saturated rings. The van der Waals surface area contributed by atoms with Crippen molar-refractivity contribution < 1.29 is 32.2 Å². The SMILES string of the molecule is CC1(C)OCC(COc2cc(NC(=O)N3c4nc(-c5cccc(C(F)(F)F)c5)ncc4N4CC[C@H]3C4)ncn2)O1. The highest BCUT2D eigenvalue weighted by Crippen LogP contribution is 2.40. The molecule has 6 rings (SSSR count). The normalized spacial score (nSPS) is 21.3. The zero-order valence-electron chi connectivity index (χ0n) is 21.7. The Labute approximate surface area is 227 Å². The summed E-state index contributed by atoms with van der Waals surface area (Å²) < 4.78 is 56.9. The molecule has 2 atom stereocenters. The molecule has 11 nitrogen and oxygen atoms in total. The monoisotopic (exact) mass is 557 g/mol. The van der Waals surface area contributed by atoms with Gasteiger partial charge in [0.25, 0.3) is 0 Å². The Morgan fingerprint density at radius 1 is 1.23 bits per heavy atom. The second kappa shape index (κ2) is 9.86. The Morgan fingerprint density at radius 3 is 2.85 bits per heavy atom. The first kappa shape index (κ1) is 26.2. The third-order valence-corrected chi connectivity index (χ3v) is 6.88. The van der Waals surface area contributed by atoms with E-state index in [1.807, 2.05) is 13.8 Å². The summed E-state index contributed by atoms with van der Waals surface area (Å²) >= 11 is 0. The van der Waals surface area contributed by atoms with Crippen molar-refractivity contribution in [3.8, 4) is 17.3 Å². The fraction of sp³-hybridized carbons (Fsp3) is 0.423. The van der Waals surface area contributed by atoms with Crippen LogP contribution in [0, 0.1) is 0 Å². The first-order valence-corrected chi connectivity index (χ1v) is 12.7. The van der Waals surface area contributed by atoms with E-state index in [9.17, 15) is 18.0 Å². The van der Waals surface area contributed by atoms with Crippen molar-refractivity contribution in [2.45, 2.75) is 44.4 Å². The number of hydrogen-bond acceptors (Lipinski definition) is 9. The van der Waals surface area contributed by atoms with Crippen molar-refractivity contribution in [3.05, 3.63) is 48.4 Å². The van der Waals surface area contributed by atoms with Crippen LogP contribution >= 0.6 is 0 Å². The first-order valence-electron chi connectivity index (χ1n) is 12.7. The molecule has 2 aromatic heterocycles. The summed E-state index contributed by atoms with van der Waals surface area (Å²) in [6.45, 7) is 5.52. The summed E-state index contributed by atoms with van der Waals surface area (Å²) in [5.74, 6) is 0.195. The van der Waals surface area contributed by atoms with Gasteiger partial charge in [0.2, 0.25) is 5.88 Å². The molecule has 210 valence electrons. The lowest BCUT2D eigenvalue weighted by Crippen LogP contribution is -2.48. The molecular weight excluding hydrogens is 531 g/mol. The highest BCUT2D eigenvalue weighted by Gasteiger charge is 2.41. The molecule has 1 N–H and O–H groups in total. The van der Waals surface area contributed by atoms with E-state index < -0.39 is 23.6 Å². The van der Waals surface area contributed by atoms with E-state index in [2.05, 4.69) is 30.2 Å². The number of anilines is 3. The number of amides is 2. The summed E-state index contributed by atoms with van der Waals surface area (Å²) in [5.41, 5.74) is 0.0267. The van der Waals surface area contributed by atoms with E-state index >= 15 is 0 Å². The van der Waals surface area contributed by atoms with Crippen molar-refractivity contribution in [1.29, 1.82) is 0 Å². The van der Waals surface area contributed by atoms with Crippen LogP contribution < -0.4 is 19.9 Å². The Hall–Kier alpha value is -4.04. The molecule has 2 bridgehead atoms. The lowest BCUT2D eigenvalue weighted by molar-refractivity contribution is -0.141. The van der Waals surface area contributed by atoms with Crippen molar-refractivity contribution in [1.82, 2.24) is 19.9 Å². The van der Waals surface area contributed by atoms with Gasteiger partial charge >= 0.3 is 12.2 Å². The summed E-state index contributed by atoms with van der Waals surface area (Å²) in [6, 6.07) is 5.63. The smallest absolute Gasteiger partial charge is 0.416 e. The fourth-order valence-electron chi connectivity index (χ4n) is 5.03. The van der Waals surface area contributed by atoms with Gasteiger partial charge in [-0.2, -0.15) is 13.2 Å². The van der Waals surface area contributed by atoms with Gasteiger partial charge < -0.3 is 19.1 Å². The Balaban J connectivity index is 1.22. The predicted octanol–water partition coefficient (Wildman–Crippen LogP) is 4.11. The highest BCUT2D eigenvalue weighted by atomic mass is 19.4. The number of hydrogen-bond donors (Lipinski definition) is 1. The summed E-state index contributed by atoms with van der Waals surface area (Å²) in [6.07, 6.45) is -1.25. The second-order valence-electron chi connectivity index (χ2n) is 10.2. The largest absolute Gasteiger partial charge is 0.475 e. The molecule has 3 aliphatic heterocycles. The van der Waals surface area contributed by atoms with Crippen LogP contribution in [-0.2, 0) is 15.7 Å². The number of ether oxygens (including phenoxy) is 3. The van der Waals surface area contributed by atoms with Crippen LogP contribution in [0.1, 0.15) is 25.8 Å². The van der Waals surface area contributed by atoms with Crippen molar-refractivity contribution in [2.24, 2.45) is 0 Å². The zero-order chi connectivity index (χ0) is 28.1. The maximum absolute atomic E-state index is 13.6. The fourth-order valence-corrected chi connectivity index (χ4v) is 5.03. The molecular formula is C26H26F3N7O4. The molecule has 0 radical (unpaired) electrons. The lowest BCUT2D eigenvalue weighted by Gasteiger charge is -2.35. The summed E-state index contributed by atoms with van der Waals surface area (Å²) in [5, 5.41) is 2.78. The number of alkyl halides is 3. The summed E-state index contributed by atoms with van der Waals surface area (Å²) in [4.78, 5) is 34.2. The van der Waals surface area contributed by atoms with Crippen molar-refractivity contribution in [2.75, 3.05) is 41.4 Å². The molecule has 2 saturated heterocycles. The minimum absolute atomic E-state index is 0.0872. The highest BCUT2D eigenvalue weighted by molar-refractivity contribution is 6.04.